The molecule has 3 aliphatic heterocycles. The average Bonchev–Trinajstić information content (AvgIpc) is 4.04. The Hall–Kier alpha value is -8.15. The molecule has 3 aliphatic carbocycles. The first-order valence-electron chi connectivity index (χ1n) is 25.2. The van der Waals surface area contributed by atoms with Crippen molar-refractivity contribution in [2.75, 3.05) is 9.80 Å². The molecular formula is C65H53N5. The zero-order valence-corrected chi connectivity index (χ0v) is 39.3. The highest BCUT2D eigenvalue weighted by atomic mass is 15.2. The summed E-state index contributed by atoms with van der Waals surface area (Å²) in [6.07, 6.45) is 25.9. The fourth-order valence-electron chi connectivity index (χ4n) is 12.6. The number of anilines is 4. The Balaban J connectivity index is 0.916. The molecule has 0 fully saturated rings. The fourth-order valence-corrected chi connectivity index (χ4v) is 12.6. The molecule has 5 unspecified atom stereocenters. The van der Waals surface area contributed by atoms with Crippen LogP contribution in [0.15, 0.2) is 230 Å². The lowest BCUT2D eigenvalue weighted by Gasteiger charge is -2.38. The van der Waals surface area contributed by atoms with Gasteiger partial charge in [0.2, 0.25) is 0 Å². The first-order chi connectivity index (χ1) is 34.6. The van der Waals surface area contributed by atoms with E-state index in [0.717, 1.165) is 53.9 Å². The van der Waals surface area contributed by atoms with Crippen LogP contribution in [0.3, 0.4) is 0 Å². The number of nitrogens with one attached hydrogen (secondary N) is 1. The predicted molar refractivity (Wildman–Crippen MR) is 292 cm³/mol. The normalized spacial score (nSPS) is 23.0. The van der Waals surface area contributed by atoms with Gasteiger partial charge in [0, 0.05) is 67.9 Å². The summed E-state index contributed by atoms with van der Waals surface area (Å²) < 4.78 is 2.45. The number of nitrogens with zero attached hydrogens (tertiary/aromatic N) is 4. The fraction of sp³-hybridized carbons (Fsp3) is 0.154. The van der Waals surface area contributed by atoms with Crippen LogP contribution in [-0.2, 0) is 5.41 Å². The number of rotatable bonds is 7. The minimum atomic E-state index is -0.242. The van der Waals surface area contributed by atoms with Crippen molar-refractivity contribution < 1.29 is 0 Å². The third-order valence-corrected chi connectivity index (χ3v) is 15.9. The van der Waals surface area contributed by atoms with Gasteiger partial charge in [-0.2, -0.15) is 0 Å². The van der Waals surface area contributed by atoms with Gasteiger partial charge < -0.3 is 19.7 Å². The van der Waals surface area contributed by atoms with Crippen LogP contribution in [-0.4, -0.2) is 22.5 Å². The lowest BCUT2D eigenvalue weighted by molar-refractivity contribution is 0.441. The monoisotopic (exact) mass is 903 g/mol. The number of amidine groups is 1. The van der Waals surface area contributed by atoms with Gasteiger partial charge in [0.05, 0.1) is 23.1 Å². The van der Waals surface area contributed by atoms with Gasteiger partial charge in [-0.15, -0.1) is 0 Å². The molecule has 0 amide bonds. The van der Waals surface area contributed by atoms with E-state index in [4.69, 9.17) is 4.99 Å². The SMILES string of the molecule is CC12C=CCCC1N(c1cc(C3C=C(c4ccccc4)NC(c4ccccc4)=N3)cc(N3c4ccccc4C4C=C(c5ccc6c(c5)c5ccccc5n6C5=CCCC=C5)C=CC43)c1)c1ccccc12. The highest BCUT2D eigenvalue weighted by molar-refractivity contribution is 6.11. The van der Waals surface area contributed by atoms with Gasteiger partial charge in [-0.25, -0.2) is 0 Å². The molecule has 6 aliphatic rings. The van der Waals surface area contributed by atoms with E-state index in [-0.39, 0.29) is 29.5 Å². The minimum absolute atomic E-state index is 0.0838. The molecule has 1 N–H and O–H groups in total. The Morgan fingerprint density at radius 2 is 1.34 bits per heavy atom. The number of aliphatic imine (C=N–C) groups is 1. The zero-order chi connectivity index (χ0) is 46.3. The summed E-state index contributed by atoms with van der Waals surface area (Å²) in [5.41, 5.74) is 18.3. The van der Waals surface area contributed by atoms with Crippen LogP contribution in [0.1, 0.15) is 77.9 Å². The van der Waals surface area contributed by atoms with Crippen LogP contribution in [0.5, 0.6) is 0 Å². The van der Waals surface area contributed by atoms with Crippen molar-refractivity contribution in [3.05, 3.63) is 258 Å². The molecule has 70 heavy (non-hydrogen) atoms. The summed E-state index contributed by atoms with van der Waals surface area (Å²) in [5.74, 6) is 1.03. The minimum Gasteiger partial charge on any atom is -0.340 e. The van der Waals surface area contributed by atoms with Crippen molar-refractivity contribution in [1.29, 1.82) is 0 Å². The predicted octanol–water partition coefficient (Wildman–Crippen LogP) is 15.5. The number of aromatic nitrogens is 1. The topological polar surface area (TPSA) is 35.8 Å². The second-order valence-electron chi connectivity index (χ2n) is 19.9. The number of benzene rings is 7. The van der Waals surface area contributed by atoms with Gasteiger partial charge in [-0.1, -0.05) is 164 Å². The molecule has 0 radical (unpaired) electrons. The lowest BCUT2D eigenvalue weighted by atomic mass is 9.74. The molecule has 5 atom stereocenters. The van der Waals surface area contributed by atoms with Gasteiger partial charge in [-0.3, -0.25) is 4.99 Å². The molecule has 0 bridgehead atoms. The summed E-state index contributed by atoms with van der Waals surface area (Å²) in [6, 6.07) is 62.9. The lowest BCUT2D eigenvalue weighted by Crippen LogP contribution is -2.41. The van der Waals surface area contributed by atoms with Gasteiger partial charge >= 0.3 is 0 Å². The van der Waals surface area contributed by atoms with Crippen LogP contribution in [0.4, 0.5) is 22.7 Å². The van der Waals surface area contributed by atoms with E-state index in [0.29, 0.717) is 0 Å². The molecule has 0 spiro atoms. The van der Waals surface area contributed by atoms with Crippen molar-refractivity contribution >= 4 is 67.4 Å². The van der Waals surface area contributed by atoms with Crippen LogP contribution >= 0.6 is 0 Å². The molecule has 8 aromatic rings. The summed E-state index contributed by atoms with van der Waals surface area (Å²) in [7, 11) is 0. The highest BCUT2D eigenvalue weighted by Crippen LogP contribution is 2.55. The molecule has 7 aromatic carbocycles. The second kappa shape index (κ2) is 16.2. The van der Waals surface area contributed by atoms with E-state index in [9.17, 15) is 0 Å². The highest BCUT2D eigenvalue weighted by Gasteiger charge is 2.48. The van der Waals surface area contributed by atoms with E-state index in [2.05, 4.69) is 251 Å². The molecule has 5 heteroatoms. The van der Waals surface area contributed by atoms with Gasteiger partial charge in [0.1, 0.15) is 5.84 Å². The molecule has 0 saturated heterocycles. The molecule has 1 aromatic heterocycles. The maximum Gasteiger partial charge on any atom is 0.133 e. The van der Waals surface area contributed by atoms with E-state index in [1.54, 1.807) is 0 Å². The Morgan fingerprint density at radius 1 is 0.600 bits per heavy atom. The Kier molecular flexibility index (Phi) is 9.48. The van der Waals surface area contributed by atoms with Crippen LogP contribution in [0.2, 0.25) is 0 Å². The third kappa shape index (κ3) is 6.48. The van der Waals surface area contributed by atoms with Crippen LogP contribution < -0.4 is 15.1 Å². The first kappa shape index (κ1) is 40.9. The number of allylic oxidation sites excluding steroid dienone is 7. The van der Waals surface area contributed by atoms with Gasteiger partial charge in [-0.05, 0) is 127 Å². The van der Waals surface area contributed by atoms with Crippen molar-refractivity contribution in [3.63, 3.8) is 0 Å². The maximum atomic E-state index is 5.56. The molecule has 338 valence electrons. The molecule has 14 rings (SSSR count). The average molecular weight is 904 g/mol. The van der Waals surface area contributed by atoms with E-state index >= 15 is 0 Å². The quantitative estimate of drug-likeness (QED) is 0.162. The zero-order valence-electron chi connectivity index (χ0n) is 39.3. The molecule has 0 saturated carbocycles. The maximum absolute atomic E-state index is 5.56. The van der Waals surface area contributed by atoms with Crippen LogP contribution in [0.25, 0.3) is 38.8 Å². The summed E-state index contributed by atoms with van der Waals surface area (Å²) in [5, 5.41) is 6.32. The molecular weight excluding hydrogens is 851 g/mol. The van der Waals surface area contributed by atoms with Crippen LogP contribution in [0, 0.1) is 0 Å². The standard InChI is InChI=1S/C65H53N5/c1-65-36-18-17-31-63(65)70(62-30-16-13-27-55(62)65)50-38-47(57-42-56(43-19-5-2-6-20-43)66-64(67-57)44-21-7-3-8-22-44)37-49(41-50)69-59-29-15-12-26-52(59)54-40-46(33-35-61(54)69)45-32-34-60-53(39-45)51-25-11-14-28-58(51)68(60)48-23-9-4-10-24-48/h2-3,5-9,11-16,18-30,32-42,54,57,61,63H,4,10,17,31H2,1H3,(H,66,67). The number of fused-ring (bicyclic) bond motifs is 9. The second-order valence-corrected chi connectivity index (χ2v) is 19.9. The number of para-hydroxylation sites is 3. The van der Waals surface area contributed by atoms with Crippen molar-refractivity contribution in [2.24, 2.45) is 4.99 Å². The summed E-state index contributed by atoms with van der Waals surface area (Å²) in [6.45, 7) is 2.44. The molecule has 5 nitrogen and oxygen atoms in total. The number of hydrogen-bond acceptors (Lipinski definition) is 4. The molecule has 4 heterocycles. The Bertz CT molecular complexity index is 3580. The Morgan fingerprint density at radius 3 is 2.19 bits per heavy atom. The third-order valence-electron chi connectivity index (χ3n) is 15.9. The number of hydrogen-bond donors (Lipinski definition) is 1. The van der Waals surface area contributed by atoms with Gasteiger partial charge in [0.25, 0.3) is 0 Å². The van der Waals surface area contributed by atoms with Gasteiger partial charge in [0.15, 0.2) is 0 Å². The van der Waals surface area contributed by atoms with Crippen molar-refractivity contribution in [2.45, 2.75) is 62.1 Å². The smallest absolute Gasteiger partial charge is 0.133 e. The Labute approximate surface area is 410 Å². The summed E-state index contributed by atoms with van der Waals surface area (Å²) in [4.78, 5) is 10.8. The summed E-state index contributed by atoms with van der Waals surface area (Å²) >= 11 is 0. The first-order valence-corrected chi connectivity index (χ1v) is 25.2. The van der Waals surface area contributed by atoms with Crippen molar-refractivity contribution in [1.82, 2.24) is 9.88 Å². The largest absolute Gasteiger partial charge is 0.340 e. The van der Waals surface area contributed by atoms with E-state index in [1.807, 2.05) is 0 Å². The van der Waals surface area contributed by atoms with E-state index in [1.165, 1.54) is 72.5 Å². The van der Waals surface area contributed by atoms with Crippen molar-refractivity contribution in [3.8, 4) is 0 Å². The van der Waals surface area contributed by atoms with E-state index < -0.39 is 0 Å².